The number of rotatable bonds is 4. The van der Waals surface area contributed by atoms with Crippen LogP contribution in [0.5, 0.6) is 0 Å². The molecule has 0 saturated heterocycles. The molecule has 1 aromatic rings. The summed E-state index contributed by atoms with van der Waals surface area (Å²) in [6, 6.07) is 0. The van der Waals surface area contributed by atoms with Crippen molar-refractivity contribution in [2.45, 2.75) is 37.2 Å². The number of hydrogen-bond acceptors (Lipinski definition) is 4. The van der Waals surface area contributed by atoms with E-state index in [4.69, 9.17) is 11.1 Å². The van der Waals surface area contributed by atoms with Crippen LogP contribution in [0, 0.1) is 12.3 Å². The quantitative estimate of drug-likeness (QED) is 0.415. The molecule has 1 aromatic heterocycles. The minimum atomic E-state index is -0.417. The smallest absolute Gasteiger partial charge is 0.127 e. The maximum absolute atomic E-state index is 9.47. The van der Waals surface area contributed by atoms with E-state index in [1.165, 1.54) is 11.8 Å². The molecular weight excluding hydrogens is 224 g/mol. The summed E-state index contributed by atoms with van der Waals surface area (Å²) in [7, 11) is 1.82. The van der Waals surface area contributed by atoms with Crippen LogP contribution in [0.15, 0.2) is 5.03 Å². The van der Waals surface area contributed by atoms with Gasteiger partial charge in [-0.1, -0.05) is 6.92 Å². The lowest BCUT2D eigenvalue weighted by atomic mass is 10.2. The van der Waals surface area contributed by atoms with Crippen molar-refractivity contribution in [2.75, 3.05) is 0 Å². The largest absolute Gasteiger partial charge is 0.392 e. The molecule has 2 unspecified atom stereocenters. The molecule has 0 fully saturated rings. The minimum absolute atomic E-state index is 0.0193. The van der Waals surface area contributed by atoms with Crippen molar-refractivity contribution in [3.8, 4) is 0 Å². The number of aryl methyl sites for hydroxylation is 2. The first-order valence-corrected chi connectivity index (χ1v) is 5.95. The third-order valence-corrected chi connectivity index (χ3v) is 3.87. The molecule has 0 amide bonds. The maximum Gasteiger partial charge on any atom is 0.127 e. The Bertz CT molecular complexity index is 400. The summed E-state index contributed by atoms with van der Waals surface area (Å²) in [6.45, 7) is 5.50. The fourth-order valence-electron chi connectivity index (χ4n) is 1.36. The van der Waals surface area contributed by atoms with Gasteiger partial charge in [0.05, 0.1) is 17.4 Å². The van der Waals surface area contributed by atoms with Crippen molar-refractivity contribution in [2.24, 2.45) is 12.8 Å². The van der Waals surface area contributed by atoms with Crippen LogP contribution in [0.3, 0.4) is 0 Å². The Morgan fingerprint density at radius 2 is 2.12 bits per heavy atom. The first kappa shape index (κ1) is 13.1. The van der Waals surface area contributed by atoms with Gasteiger partial charge in [0.15, 0.2) is 0 Å². The number of hydrogen-bond donors (Lipinski definition) is 3. The highest BCUT2D eigenvalue weighted by atomic mass is 32.2. The lowest BCUT2D eigenvalue weighted by Gasteiger charge is -2.14. The van der Waals surface area contributed by atoms with Crippen molar-refractivity contribution in [1.29, 1.82) is 5.41 Å². The fourth-order valence-corrected chi connectivity index (χ4v) is 2.47. The van der Waals surface area contributed by atoms with Gasteiger partial charge in [0.2, 0.25) is 0 Å². The van der Waals surface area contributed by atoms with Gasteiger partial charge in [0.25, 0.3) is 0 Å². The molecule has 16 heavy (non-hydrogen) atoms. The van der Waals surface area contributed by atoms with Gasteiger partial charge >= 0.3 is 0 Å². The van der Waals surface area contributed by atoms with Crippen LogP contribution in [0.25, 0.3) is 0 Å². The van der Waals surface area contributed by atoms with Crippen LogP contribution in [0.2, 0.25) is 0 Å². The van der Waals surface area contributed by atoms with Gasteiger partial charge in [-0.3, -0.25) is 10.1 Å². The number of thioether (sulfide) groups is 1. The predicted molar refractivity (Wildman–Crippen MR) is 66.0 cm³/mol. The number of aliphatic hydroxyl groups is 1. The number of nitrogens with zero attached hydrogens (tertiary/aromatic N) is 2. The van der Waals surface area contributed by atoms with Crippen molar-refractivity contribution >= 4 is 17.6 Å². The van der Waals surface area contributed by atoms with E-state index in [9.17, 15) is 5.11 Å². The molecule has 1 heterocycles. The summed E-state index contributed by atoms with van der Waals surface area (Å²) in [5.41, 5.74) is 6.95. The Morgan fingerprint density at radius 1 is 1.56 bits per heavy atom. The summed E-state index contributed by atoms with van der Waals surface area (Å²) in [5, 5.41) is 22.1. The molecule has 0 aliphatic heterocycles. The molecule has 4 N–H and O–H groups in total. The predicted octanol–water partition coefficient (Wildman–Crippen LogP) is 0.874. The topological polar surface area (TPSA) is 87.9 Å². The molecule has 6 heteroatoms. The van der Waals surface area contributed by atoms with Crippen molar-refractivity contribution in [1.82, 2.24) is 9.78 Å². The van der Waals surface area contributed by atoms with E-state index in [2.05, 4.69) is 5.10 Å². The number of nitrogen functional groups attached to an aromatic ring is 1. The van der Waals surface area contributed by atoms with Crippen LogP contribution >= 0.6 is 11.8 Å². The van der Waals surface area contributed by atoms with Gasteiger partial charge in [-0.05, 0) is 13.8 Å². The zero-order chi connectivity index (χ0) is 12.5. The van der Waals surface area contributed by atoms with Gasteiger partial charge in [-0.25, -0.2) is 0 Å². The molecule has 1 rings (SSSR count). The molecule has 2 atom stereocenters. The number of nitrogens with two attached hydrogens (primary N) is 1. The van der Waals surface area contributed by atoms with Crippen molar-refractivity contribution in [3.63, 3.8) is 0 Å². The van der Waals surface area contributed by atoms with E-state index in [1.54, 1.807) is 11.6 Å². The molecule has 0 saturated carbocycles. The zero-order valence-electron chi connectivity index (χ0n) is 9.98. The van der Waals surface area contributed by atoms with Gasteiger partial charge in [0.1, 0.15) is 10.9 Å². The van der Waals surface area contributed by atoms with E-state index in [-0.39, 0.29) is 11.1 Å². The Morgan fingerprint density at radius 3 is 2.56 bits per heavy atom. The molecule has 0 aromatic carbocycles. The standard InChI is InChI=1S/C10H18N4OS/c1-5-8(9(11)12)10(14(4)13-5)16-7(3)6(2)15/h6-7,15H,1-4H3,(H3,11,12). The highest BCUT2D eigenvalue weighted by Crippen LogP contribution is 2.29. The molecule has 0 bridgehead atoms. The lowest BCUT2D eigenvalue weighted by Crippen LogP contribution is -2.18. The monoisotopic (exact) mass is 242 g/mol. The van der Waals surface area contributed by atoms with Gasteiger partial charge in [-0.15, -0.1) is 11.8 Å². The average Bonchev–Trinajstić information content (AvgIpc) is 2.41. The number of aliphatic hydroxyl groups excluding tert-OH is 1. The van der Waals surface area contributed by atoms with E-state index < -0.39 is 6.10 Å². The highest BCUT2D eigenvalue weighted by molar-refractivity contribution is 8.00. The van der Waals surface area contributed by atoms with Crippen LogP contribution < -0.4 is 5.73 Å². The lowest BCUT2D eigenvalue weighted by molar-refractivity contribution is 0.196. The first-order chi connectivity index (χ1) is 7.34. The number of amidine groups is 1. The SMILES string of the molecule is Cc1nn(C)c(SC(C)C(C)O)c1C(=N)N. The second-order valence-electron chi connectivity index (χ2n) is 3.87. The molecule has 0 aliphatic carbocycles. The second kappa shape index (κ2) is 4.88. The molecular formula is C10H18N4OS. The summed E-state index contributed by atoms with van der Waals surface area (Å²) >= 11 is 1.48. The Balaban J connectivity index is 3.07. The van der Waals surface area contributed by atoms with Gasteiger partial charge in [0, 0.05) is 12.3 Å². The minimum Gasteiger partial charge on any atom is -0.392 e. The van der Waals surface area contributed by atoms with E-state index >= 15 is 0 Å². The van der Waals surface area contributed by atoms with Crippen LogP contribution in [-0.4, -0.2) is 32.1 Å². The molecule has 0 spiro atoms. The Hall–Kier alpha value is -1.01. The summed E-state index contributed by atoms with van der Waals surface area (Å²) in [5.74, 6) is 0.0193. The molecule has 5 nitrogen and oxygen atoms in total. The first-order valence-electron chi connectivity index (χ1n) is 5.07. The normalized spacial score (nSPS) is 14.8. The van der Waals surface area contributed by atoms with Crippen LogP contribution in [0.1, 0.15) is 25.1 Å². The molecule has 0 radical (unpaired) electrons. The zero-order valence-corrected chi connectivity index (χ0v) is 10.8. The second-order valence-corrected chi connectivity index (χ2v) is 5.23. The molecule has 0 aliphatic rings. The summed E-state index contributed by atoms with van der Waals surface area (Å²) in [6.07, 6.45) is -0.417. The summed E-state index contributed by atoms with van der Waals surface area (Å²) < 4.78 is 1.70. The van der Waals surface area contributed by atoms with E-state index in [0.29, 0.717) is 5.56 Å². The highest BCUT2D eigenvalue weighted by Gasteiger charge is 2.20. The third kappa shape index (κ3) is 2.56. The van der Waals surface area contributed by atoms with Crippen molar-refractivity contribution in [3.05, 3.63) is 11.3 Å². The Labute approximate surface area is 99.5 Å². The Kier molecular flexibility index (Phi) is 3.98. The van der Waals surface area contributed by atoms with Crippen LogP contribution in [-0.2, 0) is 7.05 Å². The number of aromatic nitrogens is 2. The third-order valence-electron chi connectivity index (χ3n) is 2.42. The van der Waals surface area contributed by atoms with E-state index in [0.717, 1.165) is 10.7 Å². The maximum atomic E-state index is 9.47. The summed E-state index contributed by atoms with van der Waals surface area (Å²) in [4.78, 5) is 0. The fraction of sp³-hybridized carbons (Fsp3) is 0.600. The molecule has 90 valence electrons. The van der Waals surface area contributed by atoms with Gasteiger partial charge in [-0.2, -0.15) is 5.10 Å². The van der Waals surface area contributed by atoms with Crippen molar-refractivity contribution < 1.29 is 5.11 Å². The van der Waals surface area contributed by atoms with Gasteiger partial charge < -0.3 is 10.8 Å². The van der Waals surface area contributed by atoms with E-state index in [1.807, 2.05) is 20.9 Å². The average molecular weight is 242 g/mol. The van der Waals surface area contributed by atoms with Crippen LogP contribution in [0.4, 0.5) is 0 Å². The number of nitrogens with one attached hydrogen (secondary N) is 1.